The number of benzene rings is 2. The summed E-state index contributed by atoms with van der Waals surface area (Å²) in [7, 11) is 0. The Balaban J connectivity index is 0.000000861. The molecule has 2 aromatic rings. The first-order valence-corrected chi connectivity index (χ1v) is 6.39. The van der Waals surface area contributed by atoms with Gasteiger partial charge in [-0.2, -0.15) is 0 Å². The van der Waals surface area contributed by atoms with Gasteiger partial charge >= 0.3 is 0 Å². The molecule has 3 N–H and O–H groups in total. The van der Waals surface area contributed by atoms with Gasteiger partial charge in [-0.3, -0.25) is 4.79 Å². The molecule has 0 heterocycles. The summed E-state index contributed by atoms with van der Waals surface area (Å²) >= 11 is 0. The highest BCUT2D eigenvalue weighted by Crippen LogP contribution is 2.17. The number of para-hydroxylation sites is 2. The number of aryl methyl sites for hydroxylation is 1. The fourth-order valence-corrected chi connectivity index (χ4v) is 1.51. The molecule has 100 valence electrons. The van der Waals surface area contributed by atoms with Crippen molar-refractivity contribution in [3.8, 4) is 0 Å². The number of rotatable bonds is 2. The summed E-state index contributed by atoms with van der Waals surface area (Å²) in [5, 5.41) is 2.78. The van der Waals surface area contributed by atoms with E-state index in [9.17, 15) is 4.79 Å². The van der Waals surface area contributed by atoms with Crippen molar-refractivity contribution >= 4 is 17.3 Å². The molecule has 0 saturated carbocycles. The first-order chi connectivity index (χ1) is 9.16. The number of nitrogen functional groups attached to an aromatic ring is 1. The number of nitrogens with one attached hydrogen (secondary N) is 1. The Labute approximate surface area is 114 Å². The maximum Gasteiger partial charge on any atom is 0.255 e. The van der Waals surface area contributed by atoms with Crippen molar-refractivity contribution in [2.45, 2.75) is 20.8 Å². The largest absolute Gasteiger partial charge is 0.397 e. The lowest BCUT2D eigenvalue weighted by Crippen LogP contribution is -2.12. The lowest BCUT2D eigenvalue weighted by Gasteiger charge is -2.07. The minimum Gasteiger partial charge on any atom is -0.397 e. The topological polar surface area (TPSA) is 55.1 Å². The zero-order valence-electron chi connectivity index (χ0n) is 11.6. The van der Waals surface area contributed by atoms with Crippen molar-refractivity contribution in [2.75, 3.05) is 11.1 Å². The van der Waals surface area contributed by atoms with Crippen molar-refractivity contribution in [3.63, 3.8) is 0 Å². The van der Waals surface area contributed by atoms with E-state index < -0.39 is 0 Å². The molecule has 0 radical (unpaired) electrons. The standard InChI is InChI=1S/C14H14N2O.C2H6/c1-10-6-8-11(9-7-10)14(17)16-13-5-3-2-4-12(13)15;1-2/h2-9H,15H2,1H3,(H,16,17);1-2H3. The molecule has 0 unspecified atom stereocenters. The smallest absolute Gasteiger partial charge is 0.255 e. The average Bonchev–Trinajstić information content (AvgIpc) is 2.44. The molecule has 3 heteroatoms. The van der Waals surface area contributed by atoms with Gasteiger partial charge < -0.3 is 11.1 Å². The van der Waals surface area contributed by atoms with E-state index in [1.165, 1.54) is 0 Å². The van der Waals surface area contributed by atoms with Crippen molar-refractivity contribution in [2.24, 2.45) is 0 Å². The second-order valence-corrected chi connectivity index (χ2v) is 3.91. The molecule has 0 saturated heterocycles. The van der Waals surface area contributed by atoms with Gasteiger partial charge in [-0.1, -0.05) is 43.7 Å². The predicted molar refractivity (Wildman–Crippen MR) is 81.3 cm³/mol. The highest BCUT2D eigenvalue weighted by atomic mass is 16.1. The summed E-state index contributed by atoms with van der Waals surface area (Å²) in [4.78, 5) is 11.9. The number of carbonyl (C=O) groups is 1. The fraction of sp³-hybridized carbons (Fsp3) is 0.188. The van der Waals surface area contributed by atoms with E-state index in [4.69, 9.17) is 5.73 Å². The van der Waals surface area contributed by atoms with E-state index in [0.717, 1.165) is 5.56 Å². The Morgan fingerprint density at radius 1 is 1.00 bits per heavy atom. The molecule has 0 fully saturated rings. The van der Waals surface area contributed by atoms with E-state index >= 15 is 0 Å². The number of hydrogen-bond donors (Lipinski definition) is 2. The molecule has 0 aliphatic rings. The lowest BCUT2D eigenvalue weighted by atomic mass is 10.1. The van der Waals surface area contributed by atoms with Crippen LogP contribution in [-0.4, -0.2) is 5.91 Å². The number of nitrogens with two attached hydrogens (primary N) is 1. The summed E-state index contributed by atoms with van der Waals surface area (Å²) in [6, 6.07) is 14.6. The lowest BCUT2D eigenvalue weighted by molar-refractivity contribution is 0.102. The first kappa shape index (κ1) is 14.8. The fourth-order valence-electron chi connectivity index (χ4n) is 1.51. The minimum absolute atomic E-state index is 0.150. The number of hydrogen-bond acceptors (Lipinski definition) is 2. The average molecular weight is 256 g/mol. The molecule has 0 aliphatic heterocycles. The van der Waals surface area contributed by atoms with Gasteiger partial charge in [-0.25, -0.2) is 0 Å². The van der Waals surface area contributed by atoms with Gasteiger partial charge in [0, 0.05) is 5.56 Å². The molecule has 19 heavy (non-hydrogen) atoms. The monoisotopic (exact) mass is 256 g/mol. The summed E-state index contributed by atoms with van der Waals surface area (Å²) in [5.74, 6) is -0.150. The van der Waals surface area contributed by atoms with Crippen molar-refractivity contribution < 1.29 is 4.79 Å². The molecule has 0 bridgehead atoms. The SMILES string of the molecule is CC.Cc1ccc(C(=O)Nc2ccccc2N)cc1. The Morgan fingerprint density at radius 3 is 2.16 bits per heavy atom. The molecule has 0 atom stereocenters. The van der Waals surface area contributed by atoms with Crippen molar-refractivity contribution in [1.82, 2.24) is 0 Å². The van der Waals surface area contributed by atoms with Crippen LogP contribution >= 0.6 is 0 Å². The molecule has 0 aromatic heterocycles. The quantitative estimate of drug-likeness (QED) is 0.802. The van der Waals surface area contributed by atoms with E-state index in [-0.39, 0.29) is 5.91 Å². The third-order valence-corrected chi connectivity index (χ3v) is 2.52. The van der Waals surface area contributed by atoms with Gasteiger partial charge in [0.25, 0.3) is 5.91 Å². The summed E-state index contributed by atoms with van der Waals surface area (Å²) in [6.07, 6.45) is 0. The van der Waals surface area contributed by atoms with Crippen LogP contribution in [0.5, 0.6) is 0 Å². The normalized spacial score (nSPS) is 9.21. The minimum atomic E-state index is -0.150. The van der Waals surface area contributed by atoms with Gasteiger partial charge in [0.2, 0.25) is 0 Å². The van der Waals surface area contributed by atoms with Crippen LogP contribution in [0.15, 0.2) is 48.5 Å². The van der Waals surface area contributed by atoms with Gasteiger partial charge in [-0.15, -0.1) is 0 Å². The van der Waals surface area contributed by atoms with Crippen LogP contribution in [0.1, 0.15) is 29.8 Å². The van der Waals surface area contributed by atoms with E-state index in [1.807, 2.05) is 45.0 Å². The Kier molecular flexibility index (Phi) is 5.61. The second-order valence-electron chi connectivity index (χ2n) is 3.91. The van der Waals surface area contributed by atoms with Gasteiger partial charge in [0.15, 0.2) is 0 Å². The number of amides is 1. The summed E-state index contributed by atoms with van der Waals surface area (Å²) in [5.41, 5.74) is 8.71. The number of anilines is 2. The van der Waals surface area contributed by atoms with Crippen LogP contribution in [-0.2, 0) is 0 Å². The van der Waals surface area contributed by atoms with Crippen molar-refractivity contribution in [3.05, 3.63) is 59.7 Å². The Bertz CT molecular complexity index is 533. The molecular weight excluding hydrogens is 236 g/mol. The van der Waals surface area contributed by atoms with Gasteiger partial charge in [-0.05, 0) is 31.2 Å². The van der Waals surface area contributed by atoms with Crippen LogP contribution < -0.4 is 11.1 Å². The summed E-state index contributed by atoms with van der Waals surface area (Å²) in [6.45, 7) is 5.98. The third kappa shape index (κ3) is 4.14. The van der Waals surface area contributed by atoms with Gasteiger partial charge in [0.05, 0.1) is 11.4 Å². The molecule has 2 aromatic carbocycles. The third-order valence-electron chi connectivity index (χ3n) is 2.52. The molecule has 0 aliphatic carbocycles. The van der Waals surface area contributed by atoms with Crippen LogP contribution in [0.25, 0.3) is 0 Å². The maximum atomic E-state index is 11.9. The van der Waals surface area contributed by atoms with Gasteiger partial charge in [0.1, 0.15) is 0 Å². The predicted octanol–water partition coefficient (Wildman–Crippen LogP) is 3.86. The molecule has 2 rings (SSSR count). The van der Waals surface area contributed by atoms with Crippen LogP contribution in [0.2, 0.25) is 0 Å². The first-order valence-electron chi connectivity index (χ1n) is 6.39. The van der Waals surface area contributed by atoms with E-state index in [0.29, 0.717) is 16.9 Å². The van der Waals surface area contributed by atoms with Crippen LogP contribution in [0, 0.1) is 6.92 Å². The molecule has 1 amide bonds. The summed E-state index contributed by atoms with van der Waals surface area (Å²) < 4.78 is 0. The zero-order chi connectivity index (χ0) is 14.3. The second kappa shape index (κ2) is 7.21. The molecular formula is C16H20N2O. The Hall–Kier alpha value is -2.29. The maximum absolute atomic E-state index is 11.9. The van der Waals surface area contributed by atoms with Crippen molar-refractivity contribution in [1.29, 1.82) is 0 Å². The number of carbonyl (C=O) groups excluding carboxylic acids is 1. The Morgan fingerprint density at radius 2 is 1.58 bits per heavy atom. The molecule has 3 nitrogen and oxygen atoms in total. The molecule has 0 spiro atoms. The van der Waals surface area contributed by atoms with E-state index in [2.05, 4.69) is 5.32 Å². The van der Waals surface area contributed by atoms with Crippen LogP contribution in [0.3, 0.4) is 0 Å². The van der Waals surface area contributed by atoms with E-state index in [1.54, 1.807) is 24.3 Å². The van der Waals surface area contributed by atoms with Crippen LogP contribution in [0.4, 0.5) is 11.4 Å². The highest BCUT2D eigenvalue weighted by molar-refractivity contribution is 6.05. The highest BCUT2D eigenvalue weighted by Gasteiger charge is 2.06. The zero-order valence-corrected chi connectivity index (χ0v) is 11.6.